The summed E-state index contributed by atoms with van der Waals surface area (Å²) >= 11 is 0. The van der Waals surface area contributed by atoms with Crippen LogP contribution >= 0.6 is 0 Å². The second-order valence-electron chi connectivity index (χ2n) is 6.23. The minimum Gasteiger partial charge on any atom is -0.356 e. The minimum atomic E-state index is 0.0184. The van der Waals surface area contributed by atoms with Crippen LogP contribution in [0.15, 0.2) is 0 Å². The first-order valence-electron chi connectivity index (χ1n) is 8.36. The molecule has 0 heterocycles. The van der Waals surface area contributed by atoms with Crippen molar-refractivity contribution in [3.8, 4) is 0 Å². The van der Waals surface area contributed by atoms with E-state index in [1.165, 1.54) is 32.1 Å². The van der Waals surface area contributed by atoms with E-state index in [4.69, 9.17) is 5.73 Å². The van der Waals surface area contributed by atoms with Crippen molar-refractivity contribution in [1.29, 1.82) is 0 Å². The summed E-state index contributed by atoms with van der Waals surface area (Å²) < 4.78 is 0. The van der Waals surface area contributed by atoms with Crippen LogP contribution < -0.4 is 11.1 Å². The van der Waals surface area contributed by atoms with E-state index in [-0.39, 0.29) is 11.9 Å². The summed E-state index contributed by atoms with van der Waals surface area (Å²) in [5.41, 5.74) is 5.87. The van der Waals surface area contributed by atoms with Crippen molar-refractivity contribution in [2.45, 2.75) is 76.8 Å². The van der Waals surface area contributed by atoms with Gasteiger partial charge >= 0.3 is 0 Å². The van der Waals surface area contributed by atoms with Gasteiger partial charge in [0.25, 0.3) is 0 Å². The number of rotatable bonds is 9. The molecule has 0 aromatic heterocycles. The Balaban J connectivity index is 2.04. The molecule has 0 aliphatic heterocycles. The van der Waals surface area contributed by atoms with Crippen LogP contribution in [0.1, 0.15) is 64.7 Å². The van der Waals surface area contributed by atoms with Crippen molar-refractivity contribution in [2.24, 2.45) is 5.73 Å². The monoisotopic (exact) mass is 283 g/mol. The number of carbonyl (C=O) groups is 1. The average molecular weight is 283 g/mol. The van der Waals surface area contributed by atoms with E-state index < -0.39 is 0 Å². The van der Waals surface area contributed by atoms with Gasteiger partial charge in [-0.2, -0.15) is 0 Å². The molecule has 1 rings (SSSR count). The lowest BCUT2D eigenvalue weighted by Gasteiger charge is -2.31. The Kier molecular flexibility index (Phi) is 8.86. The summed E-state index contributed by atoms with van der Waals surface area (Å²) in [5.74, 6) is 0.103. The maximum absolute atomic E-state index is 11.7. The van der Waals surface area contributed by atoms with Gasteiger partial charge in [0.2, 0.25) is 5.91 Å². The van der Waals surface area contributed by atoms with Gasteiger partial charge in [-0.15, -0.1) is 0 Å². The Morgan fingerprint density at radius 3 is 2.70 bits per heavy atom. The molecule has 0 radical (unpaired) electrons. The third kappa shape index (κ3) is 7.25. The Hall–Kier alpha value is -0.610. The van der Waals surface area contributed by atoms with Crippen molar-refractivity contribution in [3.63, 3.8) is 0 Å². The molecular weight excluding hydrogens is 250 g/mol. The zero-order valence-electron chi connectivity index (χ0n) is 13.4. The molecule has 1 amide bonds. The molecule has 4 heteroatoms. The van der Waals surface area contributed by atoms with Crippen LogP contribution in [0, 0.1) is 0 Å². The minimum absolute atomic E-state index is 0.0184. The fourth-order valence-electron chi connectivity index (χ4n) is 3.04. The number of amides is 1. The maximum atomic E-state index is 11.7. The first-order valence-corrected chi connectivity index (χ1v) is 8.36. The smallest absolute Gasteiger partial charge is 0.221 e. The molecular formula is C16H33N3O. The van der Waals surface area contributed by atoms with Crippen molar-refractivity contribution >= 4 is 5.91 Å². The van der Waals surface area contributed by atoms with E-state index in [1.54, 1.807) is 0 Å². The van der Waals surface area contributed by atoms with Gasteiger partial charge in [0, 0.05) is 25.0 Å². The van der Waals surface area contributed by atoms with Crippen LogP contribution in [-0.2, 0) is 4.79 Å². The summed E-state index contributed by atoms with van der Waals surface area (Å²) in [5, 5.41) is 2.98. The van der Waals surface area contributed by atoms with Gasteiger partial charge in [0.05, 0.1) is 0 Å². The lowest BCUT2D eigenvalue weighted by molar-refractivity contribution is -0.121. The SMILES string of the molecule is CCCC(N)CC(=O)NCCCN(C)C1CCCCC1. The third-order valence-corrected chi connectivity index (χ3v) is 4.31. The highest BCUT2D eigenvalue weighted by Crippen LogP contribution is 2.21. The number of carbonyl (C=O) groups excluding carboxylic acids is 1. The highest BCUT2D eigenvalue weighted by Gasteiger charge is 2.17. The number of nitrogens with one attached hydrogen (secondary N) is 1. The summed E-state index contributed by atoms with van der Waals surface area (Å²) in [6, 6.07) is 0.780. The van der Waals surface area contributed by atoms with Crippen LogP contribution in [0.3, 0.4) is 0 Å². The Labute approximate surface area is 124 Å². The van der Waals surface area contributed by atoms with E-state index in [1.807, 2.05) is 0 Å². The quantitative estimate of drug-likeness (QED) is 0.638. The molecule has 3 N–H and O–H groups in total. The van der Waals surface area contributed by atoms with Gasteiger partial charge in [-0.1, -0.05) is 32.6 Å². The molecule has 0 aromatic rings. The Morgan fingerprint density at radius 1 is 1.35 bits per heavy atom. The second-order valence-corrected chi connectivity index (χ2v) is 6.23. The van der Waals surface area contributed by atoms with Gasteiger partial charge in [-0.3, -0.25) is 4.79 Å². The standard InChI is InChI=1S/C16H33N3O/c1-3-8-14(17)13-16(20)18-11-7-12-19(2)15-9-5-4-6-10-15/h14-15H,3-13,17H2,1-2H3,(H,18,20). The molecule has 1 aliphatic carbocycles. The fraction of sp³-hybridized carbons (Fsp3) is 0.938. The number of hydrogen-bond donors (Lipinski definition) is 2. The summed E-state index contributed by atoms with van der Waals surface area (Å²) in [4.78, 5) is 14.1. The highest BCUT2D eigenvalue weighted by molar-refractivity contribution is 5.76. The molecule has 0 aromatic carbocycles. The van der Waals surface area contributed by atoms with Gasteiger partial charge in [-0.25, -0.2) is 0 Å². The average Bonchev–Trinajstić information content (AvgIpc) is 2.44. The van der Waals surface area contributed by atoms with Crippen LogP contribution in [0.25, 0.3) is 0 Å². The highest BCUT2D eigenvalue weighted by atomic mass is 16.1. The summed E-state index contributed by atoms with van der Waals surface area (Å²) in [6.45, 7) is 3.94. The van der Waals surface area contributed by atoms with E-state index in [0.29, 0.717) is 6.42 Å². The predicted octanol–water partition coefficient (Wildman–Crippen LogP) is 2.27. The van der Waals surface area contributed by atoms with E-state index in [0.717, 1.165) is 38.4 Å². The van der Waals surface area contributed by atoms with Crippen LogP contribution in [0.4, 0.5) is 0 Å². The molecule has 118 valence electrons. The normalized spacial score (nSPS) is 18.2. The molecule has 1 aliphatic rings. The largest absolute Gasteiger partial charge is 0.356 e. The summed E-state index contributed by atoms with van der Waals surface area (Å²) in [7, 11) is 2.22. The van der Waals surface area contributed by atoms with Crippen LogP contribution in [0.2, 0.25) is 0 Å². The zero-order chi connectivity index (χ0) is 14.8. The van der Waals surface area contributed by atoms with E-state index in [2.05, 4.69) is 24.2 Å². The van der Waals surface area contributed by atoms with Crippen molar-refractivity contribution in [1.82, 2.24) is 10.2 Å². The molecule has 1 fully saturated rings. The molecule has 1 saturated carbocycles. The van der Waals surface area contributed by atoms with Gasteiger partial charge in [0.1, 0.15) is 0 Å². The van der Waals surface area contributed by atoms with Crippen LogP contribution in [0.5, 0.6) is 0 Å². The van der Waals surface area contributed by atoms with Gasteiger partial charge in [-0.05, 0) is 39.3 Å². The fourth-order valence-corrected chi connectivity index (χ4v) is 3.04. The molecule has 4 nitrogen and oxygen atoms in total. The van der Waals surface area contributed by atoms with Crippen molar-refractivity contribution in [2.75, 3.05) is 20.1 Å². The van der Waals surface area contributed by atoms with Gasteiger partial charge in [0.15, 0.2) is 0 Å². The lowest BCUT2D eigenvalue weighted by Crippen LogP contribution is -2.36. The van der Waals surface area contributed by atoms with Crippen LogP contribution in [-0.4, -0.2) is 43.0 Å². The zero-order valence-corrected chi connectivity index (χ0v) is 13.4. The lowest BCUT2D eigenvalue weighted by atomic mass is 9.94. The van der Waals surface area contributed by atoms with Gasteiger partial charge < -0.3 is 16.0 Å². The number of hydrogen-bond acceptors (Lipinski definition) is 3. The Bertz CT molecular complexity index is 264. The maximum Gasteiger partial charge on any atom is 0.221 e. The topological polar surface area (TPSA) is 58.4 Å². The summed E-state index contributed by atoms with van der Waals surface area (Å²) in [6.07, 6.45) is 10.3. The molecule has 20 heavy (non-hydrogen) atoms. The third-order valence-electron chi connectivity index (χ3n) is 4.31. The van der Waals surface area contributed by atoms with E-state index in [9.17, 15) is 4.79 Å². The van der Waals surface area contributed by atoms with E-state index >= 15 is 0 Å². The number of nitrogens with two attached hydrogens (primary N) is 1. The molecule has 0 spiro atoms. The number of nitrogens with zero attached hydrogens (tertiary/aromatic N) is 1. The molecule has 0 saturated heterocycles. The molecule has 1 unspecified atom stereocenters. The first kappa shape index (κ1) is 17.4. The molecule has 0 bridgehead atoms. The predicted molar refractivity (Wildman–Crippen MR) is 84.6 cm³/mol. The van der Waals surface area contributed by atoms with Crippen molar-refractivity contribution < 1.29 is 4.79 Å². The second kappa shape index (κ2) is 10.2. The first-order chi connectivity index (χ1) is 9.63. The molecule has 1 atom stereocenters. The Morgan fingerprint density at radius 2 is 2.05 bits per heavy atom. The van der Waals surface area contributed by atoms with Crippen molar-refractivity contribution in [3.05, 3.63) is 0 Å².